The zero-order valence-electron chi connectivity index (χ0n) is 28.3. The van der Waals surface area contributed by atoms with Crippen molar-refractivity contribution in [2.75, 3.05) is 29.6 Å². The van der Waals surface area contributed by atoms with E-state index in [1.807, 2.05) is 6.07 Å². The molecule has 4 aromatic heterocycles. The highest BCUT2D eigenvalue weighted by molar-refractivity contribution is 7.92. The molecule has 52 heavy (non-hydrogen) atoms. The number of aryl methyl sites for hydroxylation is 1. The molecule has 0 atom stereocenters. The van der Waals surface area contributed by atoms with E-state index in [4.69, 9.17) is 9.15 Å². The molecule has 0 fully saturated rings. The summed E-state index contributed by atoms with van der Waals surface area (Å²) in [7, 11) is 1.25. The first-order valence-corrected chi connectivity index (χ1v) is 17.6. The summed E-state index contributed by atoms with van der Waals surface area (Å²) in [5.74, 6) is 0.00167. The molecule has 0 spiro atoms. The maximum Gasteiger partial charge on any atom is 0.267 e. The minimum Gasteiger partial charge on any atom is -0.438 e. The summed E-state index contributed by atoms with van der Waals surface area (Å²) < 4.78 is 54.8. The highest BCUT2D eigenvalue weighted by Crippen LogP contribution is 2.44. The van der Waals surface area contributed by atoms with E-state index in [9.17, 15) is 22.4 Å². The Bertz CT molecular complexity index is 2630. The molecular formula is C37H30FN7O6S. The molecule has 0 aliphatic rings. The number of pyridine rings is 1. The Labute approximate surface area is 296 Å². The van der Waals surface area contributed by atoms with Crippen LogP contribution in [0.5, 0.6) is 11.6 Å². The number of aromatic nitrogens is 5. The van der Waals surface area contributed by atoms with Gasteiger partial charge in [-0.05, 0) is 78.4 Å². The van der Waals surface area contributed by atoms with Gasteiger partial charge in [-0.2, -0.15) is 5.10 Å². The second-order valence-electron chi connectivity index (χ2n) is 11.9. The first-order chi connectivity index (χ1) is 24.9. The number of amides is 1. The van der Waals surface area contributed by atoms with Crippen molar-refractivity contribution in [1.82, 2.24) is 24.3 Å². The van der Waals surface area contributed by atoms with E-state index < -0.39 is 27.3 Å². The van der Waals surface area contributed by atoms with Crippen LogP contribution in [0.3, 0.4) is 0 Å². The van der Waals surface area contributed by atoms with Crippen LogP contribution < -0.4 is 19.5 Å². The molecule has 0 bridgehead atoms. The molecule has 0 aliphatic carbocycles. The average molecular weight is 720 g/mol. The fraction of sp³-hybridized carbons (Fsp3) is 0.108. The molecular weight excluding hydrogens is 690 g/mol. The normalized spacial score (nSPS) is 11.5. The summed E-state index contributed by atoms with van der Waals surface area (Å²) in [6, 6.07) is 22.0. The van der Waals surface area contributed by atoms with Gasteiger partial charge in [0, 0.05) is 50.5 Å². The Morgan fingerprint density at radius 2 is 1.67 bits per heavy atom. The molecule has 15 heteroatoms. The third-order valence-corrected chi connectivity index (χ3v) is 9.65. The number of hydrogen-bond acceptors (Lipinski definition) is 9. The number of sulfonamides is 1. The second kappa shape index (κ2) is 13.3. The maximum atomic E-state index is 13.5. The van der Waals surface area contributed by atoms with Crippen LogP contribution in [-0.4, -0.2) is 59.0 Å². The van der Waals surface area contributed by atoms with E-state index in [0.29, 0.717) is 50.6 Å². The van der Waals surface area contributed by atoms with Gasteiger partial charge in [0.05, 0.1) is 23.7 Å². The highest BCUT2D eigenvalue weighted by atomic mass is 32.2. The number of anilines is 2. The predicted molar refractivity (Wildman–Crippen MR) is 194 cm³/mol. The van der Waals surface area contributed by atoms with Crippen LogP contribution >= 0.6 is 0 Å². The number of nitrogens with zero attached hydrogens (tertiary/aromatic N) is 7. The fourth-order valence-corrected chi connectivity index (χ4v) is 6.16. The largest absolute Gasteiger partial charge is 0.438 e. The van der Waals surface area contributed by atoms with Gasteiger partial charge in [0.15, 0.2) is 0 Å². The lowest BCUT2D eigenvalue weighted by Gasteiger charge is -2.18. The average Bonchev–Trinajstić information content (AvgIpc) is 3.75. The molecule has 0 radical (unpaired) electrons. The standard InChI is InChI=1S/C37H30FN7O6S/c1-42-21-24(20-41-42)33-31(23-7-5-8-28(19-23)44(3)52(4,48)49)32-34(39-22-40-35(32)51-33)50-29-16-14-26(15-17-29)43(2)36(46)30-9-6-18-45(37(30)47)27-12-10-25(38)11-13-27/h5-22H,1-4H3. The summed E-state index contributed by atoms with van der Waals surface area (Å²) in [4.78, 5) is 36.9. The minimum absolute atomic E-state index is 0.0678. The Morgan fingerprint density at radius 1 is 0.923 bits per heavy atom. The number of rotatable bonds is 9. The summed E-state index contributed by atoms with van der Waals surface area (Å²) in [6.07, 6.45) is 7.38. The Kier molecular flexibility index (Phi) is 8.64. The van der Waals surface area contributed by atoms with Crippen LogP contribution in [0.25, 0.3) is 39.2 Å². The molecule has 7 aromatic rings. The van der Waals surface area contributed by atoms with Crippen molar-refractivity contribution in [3.05, 3.63) is 132 Å². The van der Waals surface area contributed by atoms with Gasteiger partial charge >= 0.3 is 0 Å². The van der Waals surface area contributed by atoms with Gasteiger partial charge in [-0.1, -0.05) is 12.1 Å². The van der Waals surface area contributed by atoms with E-state index in [1.165, 1.54) is 63.7 Å². The zero-order valence-corrected chi connectivity index (χ0v) is 29.1. The van der Waals surface area contributed by atoms with Gasteiger partial charge in [0.1, 0.15) is 34.6 Å². The number of halogens is 1. The minimum atomic E-state index is -3.55. The van der Waals surface area contributed by atoms with E-state index in [-0.39, 0.29) is 17.2 Å². The van der Waals surface area contributed by atoms with Crippen LogP contribution in [-0.2, 0) is 17.1 Å². The van der Waals surface area contributed by atoms with Crippen LogP contribution in [0, 0.1) is 5.82 Å². The third-order valence-electron chi connectivity index (χ3n) is 8.44. The number of benzene rings is 3. The number of carbonyl (C=O) groups is 1. The van der Waals surface area contributed by atoms with Crippen molar-refractivity contribution in [1.29, 1.82) is 0 Å². The van der Waals surface area contributed by atoms with Gasteiger partial charge in [-0.3, -0.25) is 23.1 Å². The molecule has 1 amide bonds. The molecule has 4 heterocycles. The number of furan rings is 1. The number of ether oxygens (including phenoxy) is 1. The summed E-state index contributed by atoms with van der Waals surface area (Å²) >= 11 is 0. The van der Waals surface area contributed by atoms with Gasteiger partial charge < -0.3 is 14.1 Å². The van der Waals surface area contributed by atoms with Gasteiger partial charge in [0.25, 0.3) is 11.5 Å². The van der Waals surface area contributed by atoms with Crippen molar-refractivity contribution >= 4 is 38.4 Å². The fourth-order valence-electron chi connectivity index (χ4n) is 5.66. The molecule has 0 unspecified atom stereocenters. The number of hydrogen-bond donors (Lipinski definition) is 0. The number of fused-ring (bicyclic) bond motifs is 1. The van der Waals surface area contributed by atoms with E-state index in [2.05, 4.69) is 15.1 Å². The molecule has 0 N–H and O–H groups in total. The lowest BCUT2D eigenvalue weighted by molar-refractivity contribution is 0.0991. The molecule has 13 nitrogen and oxygen atoms in total. The Hall–Kier alpha value is -6.61. The summed E-state index contributed by atoms with van der Waals surface area (Å²) in [5, 5.41) is 4.73. The van der Waals surface area contributed by atoms with Crippen molar-refractivity contribution in [3.63, 3.8) is 0 Å². The monoisotopic (exact) mass is 719 g/mol. The van der Waals surface area contributed by atoms with Crippen molar-refractivity contribution in [2.45, 2.75) is 0 Å². The SMILES string of the molecule is CN(C(=O)c1cccn(-c2ccc(F)cc2)c1=O)c1ccc(Oc2ncnc3oc(-c4cnn(C)c4)c(-c4cccc(N(C)S(C)(=O)=O)c4)c23)cc1. The summed E-state index contributed by atoms with van der Waals surface area (Å²) in [6.45, 7) is 0. The molecule has 7 rings (SSSR count). The van der Waals surface area contributed by atoms with Crippen LogP contribution in [0.2, 0.25) is 0 Å². The quantitative estimate of drug-likeness (QED) is 0.174. The number of carbonyl (C=O) groups excluding carboxylic acids is 1. The lowest BCUT2D eigenvalue weighted by Crippen LogP contribution is -2.33. The highest BCUT2D eigenvalue weighted by Gasteiger charge is 2.25. The van der Waals surface area contributed by atoms with Crippen LogP contribution in [0.1, 0.15) is 10.4 Å². The topological polar surface area (TPSA) is 146 Å². The maximum absolute atomic E-state index is 13.5. The van der Waals surface area contributed by atoms with E-state index >= 15 is 0 Å². The molecule has 262 valence electrons. The van der Waals surface area contributed by atoms with Crippen LogP contribution in [0.15, 0.2) is 119 Å². The third kappa shape index (κ3) is 6.40. The smallest absolute Gasteiger partial charge is 0.267 e. The lowest BCUT2D eigenvalue weighted by atomic mass is 10.0. The van der Waals surface area contributed by atoms with Gasteiger partial charge in [-0.15, -0.1) is 0 Å². The molecule has 3 aromatic carbocycles. The zero-order chi connectivity index (χ0) is 36.7. The first-order valence-electron chi connectivity index (χ1n) is 15.7. The molecule has 0 aliphatic heterocycles. The second-order valence-corrected chi connectivity index (χ2v) is 13.9. The molecule has 0 saturated carbocycles. The first kappa shape index (κ1) is 33.9. The van der Waals surface area contributed by atoms with Gasteiger partial charge in [0.2, 0.25) is 21.6 Å². The molecule has 0 saturated heterocycles. The van der Waals surface area contributed by atoms with E-state index in [1.54, 1.807) is 79.7 Å². The van der Waals surface area contributed by atoms with Crippen molar-refractivity contribution in [2.24, 2.45) is 7.05 Å². The van der Waals surface area contributed by atoms with Crippen molar-refractivity contribution in [3.8, 4) is 39.8 Å². The van der Waals surface area contributed by atoms with E-state index in [0.717, 1.165) is 6.26 Å². The van der Waals surface area contributed by atoms with Gasteiger partial charge in [-0.25, -0.2) is 22.8 Å². The Morgan fingerprint density at radius 3 is 2.37 bits per heavy atom. The van der Waals surface area contributed by atoms with Crippen molar-refractivity contribution < 1.29 is 26.8 Å². The Balaban J connectivity index is 1.22. The predicted octanol–water partition coefficient (Wildman–Crippen LogP) is 6.05. The van der Waals surface area contributed by atoms with Crippen LogP contribution in [0.4, 0.5) is 15.8 Å². The summed E-state index contributed by atoms with van der Waals surface area (Å²) in [5.41, 5.74) is 2.81.